The number of carbonyl (C=O) groups is 1. The number of hydrogen-bond donors (Lipinski definition) is 0. The summed E-state index contributed by atoms with van der Waals surface area (Å²) in [5.74, 6) is 0.867. The van der Waals surface area contributed by atoms with Gasteiger partial charge < -0.3 is 18.9 Å². The molecule has 1 aliphatic heterocycles. The molecule has 2 heterocycles. The van der Waals surface area contributed by atoms with Crippen LogP contribution >= 0.6 is 0 Å². The highest BCUT2D eigenvalue weighted by atomic mass is 19.1. The zero-order valence-electron chi connectivity index (χ0n) is 15.4. The molecule has 0 unspecified atom stereocenters. The number of methoxy groups -OCH3 is 2. The van der Waals surface area contributed by atoms with Crippen LogP contribution in [0.3, 0.4) is 0 Å². The van der Waals surface area contributed by atoms with Crippen molar-refractivity contribution in [2.24, 2.45) is 0 Å². The molecule has 8 heteroatoms. The predicted octanol–water partition coefficient (Wildman–Crippen LogP) is 3.41. The summed E-state index contributed by atoms with van der Waals surface area (Å²) in [7, 11) is 3.09. The van der Waals surface area contributed by atoms with Crippen LogP contribution in [0, 0.1) is 5.82 Å². The maximum atomic E-state index is 13.9. The van der Waals surface area contributed by atoms with Crippen LogP contribution in [0.1, 0.15) is 18.2 Å². The van der Waals surface area contributed by atoms with Crippen molar-refractivity contribution >= 4 is 11.6 Å². The molecule has 0 saturated carbocycles. The molecular weight excluding hydrogens is 365 g/mol. The molecule has 1 atom stereocenters. The van der Waals surface area contributed by atoms with Gasteiger partial charge in [-0.2, -0.15) is 4.98 Å². The van der Waals surface area contributed by atoms with Gasteiger partial charge in [0.1, 0.15) is 5.82 Å². The first-order valence-electron chi connectivity index (χ1n) is 8.71. The van der Waals surface area contributed by atoms with Crippen LogP contribution in [0.2, 0.25) is 0 Å². The highest BCUT2D eigenvalue weighted by molar-refractivity contribution is 5.96. The van der Waals surface area contributed by atoms with Gasteiger partial charge in [-0.3, -0.25) is 4.79 Å². The van der Waals surface area contributed by atoms with Crippen LogP contribution in [-0.4, -0.2) is 36.8 Å². The Morgan fingerprint density at radius 1 is 1.14 bits per heavy atom. The lowest BCUT2D eigenvalue weighted by molar-refractivity contribution is -0.117. The van der Waals surface area contributed by atoms with E-state index in [1.165, 1.54) is 6.07 Å². The first-order chi connectivity index (χ1) is 13.6. The number of ether oxygens (including phenoxy) is 2. The molecule has 0 spiro atoms. The summed E-state index contributed by atoms with van der Waals surface area (Å²) in [5.41, 5.74) is 0.935. The van der Waals surface area contributed by atoms with Crippen molar-refractivity contribution in [3.05, 3.63) is 54.1 Å². The van der Waals surface area contributed by atoms with E-state index < -0.39 is 5.82 Å². The third-order valence-electron chi connectivity index (χ3n) is 4.71. The Kier molecular flexibility index (Phi) is 4.68. The van der Waals surface area contributed by atoms with Crippen LogP contribution in [0.25, 0.3) is 11.5 Å². The molecule has 1 aromatic heterocycles. The zero-order valence-corrected chi connectivity index (χ0v) is 15.4. The quantitative estimate of drug-likeness (QED) is 0.672. The SMILES string of the molecule is COc1ccc(N2C[C@@H](c3noc(-c4ccccc4F)n3)CC2=O)cc1OC. The molecule has 0 aliphatic carbocycles. The van der Waals surface area contributed by atoms with E-state index in [0.717, 1.165) is 0 Å². The Hall–Kier alpha value is -3.42. The van der Waals surface area contributed by atoms with E-state index in [2.05, 4.69) is 10.1 Å². The van der Waals surface area contributed by atoms with Gasteiger partial charge >= 0.3 is 0 Å². The van der Waals surface area contributed by atoms with Gasteiger partial charge in [0.15, 0.2) is 17.3 Å². The highest BCUT2D eigenvalue weighted by Crippen LogP contribution is 2.36. The monoisotopic (exact) mass is 383 g/mol. The summed E-state index contributed by atoms with van der Waals surface area (Å²) < 4.78 is 29.7. The van der Waals surface area contributed by atoms with Crippen molar-refractivity contribution < 1.29 is 23.2 Å². The van der Waals surface area contributed by atoms with Crippen LogP contribution in [0.4, 0.5) is 10.1 Å². The Bertz CT molecular complexity index is 1020. The average Bonchev–Trinajstić information content (AvgIpc) is 3.34. The fourth-order valence-corrected chi connectivity index (χ4v) is 3.27. The zero-order chi connectivity index (χ0) is 19.7. The second kappa shape index (κ2) is 7.30. The maximum Gasteiger partial charge on any atom is 0.260 e. The minimum Gasteiger partial charge on any atom is -0.493 e. The molecule has 7 nitrogen and oxygen atoms in total. The average molecular weight is 383 g/mol. The minimum absolute atomic E-state index is 0.0607. The van der Waals surface area contributed by atoms with Crippen molar-refractivity contribution in [1.82, 2.24) is 10.1 Å². The molecule has 0 N–H and O–H groups in total. The molecule has 0 bridgehead atoms. The summed E-state index contributed by atoms with van der Waals surface area (Å²) in [5, 5.41) is 3.96. The van der Waals surface area contributed by atoms with Crippen molar-refractivity contribution in [3.8, 4) is 23.0 Å². The number of anilines is 1. The molecule has 0 radical (unpaired) electrons. The largest absolute Gasteiger partial charge is 0.493 e. The van der Waals surface area contributed by atoms with E-state index >= 15 is 0 Å². The number of nitrogens with zero attached hydrogens (tertiary/aromatic N) is 3. The molecular formula is C20H18FN3O4. The normalized spacial score (nSPS) is 16.5. The lowest BCUT2D eigenvalue weighted by Crippen LogP contribution is -2.24. The fraction of sp³-hybridized carbons (Fsp3) is 0.250. The first kappa shape index (κ1) is 18.0. The number of benzene rings is 2. The van der Waals surface area contributed by atoms with Gasteiger partial charge in [-0.05, 0) is 24.3 Å². The van der Waals surface area contributed by atoms with Crippen LogP contribution in [-0.2, 0) is 4.79 Å². The number of rotatable bonds is 5. The van der Waals surface area contributed by atoms with E-state index in [1.54, 1.807) is 55.5 Å². The summed E-state index contributed by atoms with van der Waals surface area (Å²) in [6, 6.07) is 11.5. The molecule has 3 aromatic rings. The van der Waals surface area contributed by atoms with Crippen LogP contribution in [0.5, 0.6) is 11.5 Å². The lowest BCUT2D eigenvalue weighted by Gasteiger charge is -2.18. The molecule has 1 amide bonds. The Morgan fingerprint density at radius 2 is 1.93 bits per heavy atom. The standard InChI is InChI=1S/C20H18FN3O4/c1-26-16-8-7-13(10-17(16)27-2)24-11-12(9-18(24)25)19-22-20(28-23-19)14-5-3-4-6-15(14)21/h3-8,10,12H,9,11H2,1-2H3/t12-/m0/s1. The highest BCUT2D eigenvalue weighted by Gasteiger charge is 2.35. The van der Waals surface area contributed by atoms with Crippen molar-refractivity contribution in [2.45, 2.75) is 12.3 Å². The topological polar surface area (TPSA) is 77.7 Å². The van der Waals surface area contributed by atoms with E-state index in [1.807, 2.05) is 0 Å². The van der Waals surface area contributed by atoms with Crippen LogP contribution in [0.15, 0.2) is 47.0 Å². The molecule has 1 fully saturated rings. The van der Waals surface area contributed by atoms with Gasteiger partial charge in [-0.1, -0.05) is 17.3 Å². The van der Waals surface area contributed by atoms with Crippen LogP contribution < -0.4 is 14.4 Å². The smallest absolute Gasteiger partial charge is 0.260 e. The van der Waals surface area contributed by atoms with E-state index in [-0.39, 0.29) is 29.7 Å². The van der Waals surface area contributed by atoms with Gasteiger partial charge in [-0.25, -0.2) is 4.39 Å². The molecule has 4 rings (SSSR count). The third kappa shape index (κ3) is 3.17. The second-order valence-electron chi connectivity index (χ2n) is 6.38. The van der Waals surface area contributed by atoms with Crippen molar-refractivity contribution in [1.29, 1.82) is 0 Å². The summed E-state index contributed by atoms with van der Waals surface area (Å²) >= 11 is 0. The maximum absolute atomic E-state index is 13.9. The Labute approximate surface area is 160 Å². The molecule has 28 heavy (non-hydrogen) atoms. The van der Waals surface area contributed by atoms with Crippen molar-refractivity contribution in [2.75, 3.05) is 25.7 Å². The summed E-state index contributed by atoms with van der Waals surface area (Å²) in [6.45, 7) is 0.393. The number of amides is 1. The van der Waals surface area contributed by atoms with Crippen molar-refractivity contribution in [3.63, 3.8) is 0 Å². The third-order valence-corrected chi connectivity index (χ3v) is 4.71. The van der Waals surface area contributed by atoms with E-state index in [9.17, 15) is 9.18 Å². The summed E-state index contributed by atoms with van der Waals surface area (Å²) in [4.78, 5) is 18.5. The van der Waals surface area contributed by atoms with Gasteiger partial charge in [0, 0.05) is 30.6 Å². The van der Waals surface area contributed by atoms with Gasteiger partial charge in [0.2, 0.25) is 5.91 Å². The lowest BCUT2D eigenvalue weighted by atomic mass is 10.1. The van der Waals surface area contributed by atoms with Gasteiger partial charge in [0.25, 0.3) is 5.89 Å². The fourth-order valence-electron chi connectivity index (χ4n) is 3.27. The number of hydrogen-bond acceptors (Lipinski definition) is 6. The molecule has 144 valence electrons. The first-order valence-corrected chi connectivity index (χ1v) is 8.71. The number of halogens is 1. The molecule has 2 aromatic carbocycles. The second-order valence-corrected chi connectivity index (χ2v) is 6.38. The molecule has 1 saturated heterocycles. The number of aromatic nitrogens is 2. The van der Waals surface area contributed by atoms with Gasteiger partial charge in [-0.15, -0.1) is 0 Å². The predicted molar refractivity (Wildman–Crippen MR) is 98.9 cm³/mol. The molecule has 1 aliphatic rings. The number of carbonyl (C=O) groups excluding carboxylic acids is 1. The van der Waals surface area contributed by atoms with Gasteiger partial charge in [0.05, 0.1) is 19.8 Å². The Balaban J connectivity index is 1.57. The van der Waals surface area contributed by atoms with E-state index in [4.69, 9.17) is 14.0 Å². The summed E-state index contributed by atoms with van der Waals surface area (Å²) in [6.07, 6.45) is 0.241. The minimum atomic E-state index is -0.438. The van der Waals surface area contributed by atoms with E-state index in [0.29, 0.717) is 29.6 Å². The Morgan fingerprint density at radius 3 is 2.68 bits per heavy atom.